The lowest BCUT2D eigenvalue weighted by Crippen LogP contribution is -1.91. The number of carboxylic acid groups (broad SMARTS) is 1. The zero-order valence-electron chi connectivity index (χ0n) is 7.42. The highest BCUT2D eigenvalue weighted by atomic mass is 35.5. The number of halogens is 2. The van der Waals surface area contributed by atoms with Crippen molar-refractivity contribution in [3.05, 3.63) is 40.7 Å². The van der Waals surface area contributed by atoms with Crippen LogP contribution in [0.4, 0.5) is 4.39 Å². The molecule has 0 spiro atoms. The second kappa shape index (κ2) is 4.24. The Bertz CT molecular complexity index is 399. The summed E-state index contributed by atoms with van der Waals surface area (Å²) in [6.45, 7) is 1.60. The third-order valence-corrected chi connectivity index (χ3v) is 2.01. The van der Waals surface area contributed by atoms with Crippen LogP contribution in [0.15, 0.2) is 24.3 Å². The van der Waals surface area contributed by atoms with Crippen molar-refractivity contribution in [1.29, 1.82) is 0 Å². The molecule has 4 heteroatoms. The monoisotopic (exact) mass is 214 g/mol. The van der Waals surface area contributed by atoms with E-state index in [1.165, 1.54) is 12.1 Å². The average Bonchev–Trinajstić information content (AvgIpc) is 2.01. The third kappa shape index (κ3) is 2.57. The number of carbonyl (C=O) groups is 1. The smallest absolute Gasteiger partial charge is 0.328 e. The number of hydrogen-bond donors (Lipinski definition) is 1. The number of allylic oxidation sites excluding steroid dienone is 1. The van der Waals surface area contributed by atoms with Crippen molar-refractivity contribution < 1.29 is 14.3 Å². The van der Waals surface area contributed by atoms with Crippen LogP contribution in [0.1, 0.15) is 12.5 Å². The van der Waals surface area contributed by atoms with Crippen LogP contribution in [0.5, 0.6) is 0 Å². The van der Waals surface area contributed by atoms with Gasteiger partial charge in [-0.05, 0) is 30.2 Å². The maximum Gasteiger partial charge on any atom is 0.328 e. The van der Waals surface area contributed by atoms with Gasteiger partial charge in [0.2, 0.25) is 0 Å². The van der Waals surface area contributed by atoms with Crippen LogP contribution in [0, 0.1) is 5.82 Å². The lowest BCUT2D eigenvalue weighted by atomic mass is 10.1. The van der Waals surface area contributed by atoms with Crippen LogP contribution in [0.25, 0.3) is 5.57 Å². The van der Waals surface area contributed by atoms with Gasteiger partial charge in [-0.25, -0.2) is 9.18 Å². The Kier molecular flexibility index (Phi) is 3.25. The third-order valence-electron chi connectivity index (χ3n) is 1.70. The molecule has 1 aromatic carbocycles. The van der Waals surface area contributed by atoms with Crippen LogP contribution in [-0.4, -0.2) is 11.1 Å². The summed E-state index contributed by atoms with van der Waals surface area (Å²) in [6.07, 6.45) is 1.03. The Balaban J connectivity index is 3.14. The molecule has 0 aliphatic rings. The lowest BCUT2D eigenvalue weighted by Gasteiger charge is -2.03. The molecule has 14 heavy (non-hydrogen) atoms. The molecule has 1 rings (SSSR count). The molecular formula is C10H8ClFO2. The van der Waals surface area contributed by atoms with E-state index >= 15 is 0 Å². The molecule has 2 nitrogen and oxygen atoms in total. The van der Waals surface area contributed by atoms with E-state index < -0.39 is 11.8 Å². The van der Waals surface area contributed by atoms with Crippen LogP contribution < -0.4 is 0 Å². The highest BCUT2D eigenvalue weighted by molar-refractivity contribution is 6.32. The molecule has 0 amide bonds. The van der Waals surface area contributed by atoms with Crippen LogP contribution >= 0.6 is 11.6 Å². The number of benzene rings is 1. The number of carboxylic acids is 1. The highest BCUT2D eigenvalue weighted by Gasteiger charge is 2.04. The average molecular weight is 215 g/mol. The molecule has 0 aliphatic heterocycles. The zero-order chi connectivity index (χ0) is 10.7. The van der Waals surface area contributed by atoms with E-state index in [-0.39, 0.29) is 5.02 Å². The van der Waals surface area contributed by atoms with Gasteiger partial charge in [-0.1, -0.05) is 17.7 Å². The standard InChI is InChI=1S/C10H8ClFO2/c1-6(4-10(13)14)8-3-2-7(12)5-9(8)11/h2-5H,1H3,(H,13,14)/b6-4-. The van der Waals surface area contributed by atoms with Gasteiger partial charge in [0.25, 0.3) is 0 Å². The van der Waals surface area contributed by atoms with Crippen molar-refractivity contribution in [2.24, 2.45) is 0 Å². The summed E-state index contributed by atoms with van der Waals surface area (Å²) in [5, 5.41) is 8.71. The van der Waals surface area contributed by atoms with E-state index in [4.69, 9.17) is 16.7 Å². The summed E-state index contributed by atoms with van der Waals surface area (Å²) in [7, 11) is 0. The highest BCUT2D eigenvalue weighted by Crippen LogP contribution is 2.24. The van der Waals surface area contributed by atoms with Crippen molar-refractivity contribution in [2.45, 2.75) is 6.92 Å². The minimum absolute atomic E-state index is 0.208. The predicted molar refractivity (Wildman–Crippen MR) is 52.7 cm³/mol. The number of hydrogen-bond acceptors (Lipinski definition) is 1. The Morgan fingerprint density at radius 2 is 2.21 bits per heavy atom. The van der Waals surface area contributed by atoms with Crippen LogP contribution in [0.3, 0.4) is 0 Å². The minimum atomic E-state index is -1.05. The topological polar surface area (TPSA) is 37.3 Å². The largest absolute Gasteiger partial charge is 0.478 e. The summed E-state index contributed by atoms with van der Waals surface area (Å²) in [5.74, 6) is -1.50. The second-order valence-electron chi connectivity index (χ2n) is 2.79. The lowest BCUT2D eigenvalue weighted by molar-refractivity contribution is -0.131. The maximum atomic E-state index is 12.7. The first kappa shape index (κ1) is 10.7. The normalized spacial score (nSPS) is 11.5. The quantitative estimate of drug-likeness (QED) is 0.769. The van der Waals surface area contributed by atoms with Crippen LogP contribution in [-0.2, 0) is 4.79 Å². The van der Waals surface area contributed by atoms with E-state index in [0.717, 1.165) is 12.1 Å². The van der Waals surface area contributed by atoms with Gasteiger partial charge in [-0.2, -0.15) is 0 Å². The molecule has 0 heterocycles. The molecule has 0 bridgehead atoms. The van der Waals surface area contributed by atoms with Gasteiger partial charge in [-0.3, -0.25) is 0 Å². The van der Waals surface area contributed by atoms with E-state index in [2.05, 4.69) is 0 Å². The molecular weight excluding hydrogens is 207 g/mol. The van der Waals surface area contributed by atoms with Crippen molar-refractivity contribution in [1.82, 2.24) is 0 Å². The van der Waals surface area contributed by atoms with Gasteiger partial charge in [0.15, 0.2) is 0 Å². The van der Waals surface area contributed by atoms with E-state index in [1.807, 2.05) is 0 Å². The van der Waals surface area contributed by atoms with Crippen molar-refractivity contribution in [3.63, 3.8) is 0 Å². The molecule has 0 fully saturated rings. The van der Waals surface area contributed by atoms with Gasteiger partial charge < -0.3 is 5.11 Å². The molecule has 1 N–H and O–H groups in total. The molecule has 0 radical (unpaired) electrons. The fraction of sp³-hybridized carbons (Fsp3) is 0.100. The van der Waals surface area contributed by atoms with Crippen molar-refractivity contribution in [2.75, 3.05) is 0 Å². The Hall–Kier alpha value is -1.35. The first-order valence-corrected chi connectivity index (χ1v) is 4.25. The molecule has 0 aliphatic carbocycles. The SMILES string of the molecule is C/C(=C/C(=O)O)c1ccc(F)cc1Cl. The minimum Gasteiger partial charge on any atom is -0.478 e. The Morgan fingerprint density at radius 3 is 2.71 bits per heavy atom. The van der Waals surface area contributed by atoms with Crippen molar-refractivity contribution in [3.8, 4) is 0 Å². The van der Waals surface area contributed by atoms with Gasteiger partial charge in [0, 0.05) is 6.08 Å². The first-order valence-electron chi connectivity index (χ1n) is 3.87. The summed E-state index contributed by atoms with van der Waals surface area (Å²) in [5.41, 5.74) is 1.01. The summed E-state index contributed by atoms with van der Waals surface area (Å²) in [4.78, 5) is 10.4. The van der Waals surface area contributed by atoms with Crippen molar-refractivity contribution >= 4 is 23.1 Å². The first-order chi connectivity index (χ1) is 6.50. The molecule has 0 unspecified atom stereocenters. The molecule has 0 saturated heterocycles. The van der Waals surface area contributed by atoms with Gasteiger partial charge in [-0.15, -0.1) is 0 Å². The molecule has 0 atom stereocenters. The van der Waals surface area contributed by atoms with Gasteiger partial charge >= 0.3 is 5.97 Å². The predicted octanol–water partition coefficient (Wildman–Crippen LogP) is 2.97. The maximum absolute atomic E-state index is 12.7. The second-order valence-corrected chi connectivity index (χ2v) is 3.20. The Morgan fingerprint density at radius 1 is 1.57 bits per heavy atom. The molecule has 0 saturated carbocycles. The van der Waals surface area contributed by atoms with E-state index in [0.29, 0.717) is 11.1 Å². The summed E-state index contributed by atoms with van der Waals surface area (Å²) >= 11 is 5.73. The van der Waals surface area contributed by atoms with Crippen LogP contribution in [0.2, 0.25) is 5.02 Å². The number of rotatable bonds is 2. The molecule has 1 aromatic rings. The summed E-state index contributed by atoms with van der Waals surface area (Å²) in [6, 6.07) is 3.84. The molecule has 74 valence electrons. The fourth-order valence-corrected chi connectivity index (χ4v) is 1.39. The van der Waals surface area contributed by atoms with Gasteiger partial charge in [0.1, 0.15) is 5.82 Å². The summed E-state index contributed by atoms with van der Waals surface area (Å²) < 4.78 is 12.7. The number of aliphatic carboxylic acids is 1. The fourth-order valence-electron chi connectivity index (χ4n) is 1.07. The Labute approximate surface area is 85.6 Å². The van der Waals surface area contributed by atoms with E-state index in [9.17, 15) is 9.18 Å². The molecule has 0 aromatic heterocycles. The van der Waals surface area contributed by atoms with E-state index in [1.54, 1.807) is 6.92 Å². The van der Waals surface area contributed by atoms with Gasteiger partial charge in [0.05, 0.1) is 5.02 Å². The zero-order valence-corrected chi connectivity index (χ0v) is 8.18.